The molecule has 1 fully saturated rings. The van der Waals surface area contributed by atoms with Crippen LogP contribution in [0.4, 0.5) is 0 Å². The number of piperidine rings is 1. The van der Waals surface area contributed by atoms with Gasteiger partial charge in [0.2, 0.25) is 0 Å². The van der Waals surface area contributed by atoms with E-state index in [9.17, 15) is 5.11 Å². The molecule has 1 aliphatic heterocycles. The minimum Gasteiger partial charge on any atom is -0.497 e. The normalized spacial score (nSPS) is 21.4. The zero-order chi connectivity index (χ0) is 13.9. The van der Waals surface area contributed by atoms with E-state index in [4.69, 9.17) is 4.74 Å². The second kappa shape index (κ2) is 5.93. The lowest BCUT2D eigenvalue weighted by molar-refractivity contribution is -0.0198. The average Bonchev–Trinajstić information content (AvgIpc) is 2.39. The number of likely N-dealkylation sites (tertiary alicyclic amines) is 1. The first-order valence-corrected chi connectivity index (χ1v) is 7.06. The number of rotatable bonds is 4. The quantitative estimate of drug-likeness (QED) is 0.906. The second-order valence-corrected chi connectivity index (χ2v) is 6.08. The third kappa shape index (κ3) is 3.95. The van der Waals surface area contributed by atoms with Crippen LogP contribution in [0.3, 0.4) is 0 Å². The summed E-state index contributed by atoms with van der Waals surface area (Å²) in [4.78, 5) is 2.44. The number of nitrogens with zero attached hydrogens (tertiary/aromatic N) is 1. The van der Waals surface area contributed by atoms with Crippen molar-refractivity contribution in [3.63, 3.8) is 0 Å². The summed E-state index contributed by atoms with van der Waals surface area (Å²) >= 11 is 0. The first kappa shape index (κ1) is 14.4. The largest absolute Gasteiger partial charge is 0.497 e. The van der Waals surface area contributed by atoms with Crippen molar-refractivity contribution in [2.24, 2.45) is 5.92 Å². The zero-order valence-corrected chi connectivity index (χ0v) is 12.2. The predicted molar refractivity (Wildman–Crippen MR) is 77.3 cm³/mol. The fourth-order valence-electron chi connectivity index (χ4n) is 2.76. The smallest absolute Gasteiger partial charge is 0.118 e. The van der Waals surface area contributed by atoms with Crippen LogP contribution in [-0.4, -0.2) is 35.8 Å². The van der Waals surface area contributed by atoms with Gasteiger partial charge in [-0.1, -0.05) is 12.1 Å². The summed E-state index contributed by atoms with van der Waals surface area (Å²) in [6.45, 7) is 6.91. The third-order valence-corrected chi connectivity index (χ3v) is 4.07. The summed E-state index contributed by atoms with van der Waals surface area (Å²) in [5, 5.41) is 10.2. The molecule has 106 valence electrons. The first-order chi connectivity index (χ1) is 8.99. The van der Waals surface area contributed by atoms with Crippen LogP contribution in [0.5, 0.6) is 5.75 Å². The van der Waals surface area contributed by atoms with E-state index in [-0.39, 0.29) is 0 Å². The highest BCUT2D eigenvalue weighted by Crippen LogP contribution is 2.27. The fourth-order valence-corrected chi connectivity index (χ4v) is 2.76. The van der Waals surface area contributed by atoms with Gasteiger partial charge in [-0.2, -0.15) is 0 Å². The van der Waals surface area contributed by atoms with Gasteiger partial charge < -0.3 is 9.84 Å². The summed E-state index contributed by atoms with van der Waals surface area (Å²) < 4.78 is 5.17. The van der Waals surface area contributed by atoms with Crippen molar-refractivity contribution >= 4 is 0 Å². The van der Waals surface area contributed by atoms with E-state index in [0.29, 0.717) is 5.92 Å². The summed E-state index contributed by atoms with van der Waals surface area (Å²) in [6.07, 6.45) is 2.30. The van der Waals surface area contributed by atoms with Gasteiger partial charge in [-0.15, -0.1) is 0 Å². The molecule has 1 heterocycles. The predicted octanol–water partition coefficient (Wildman–Crippen LogP) is 2.68. The third-order valence-electron chi connectivity index (χ3n) is 4.07. The molecule has 1 N–H and O–H groups in total. The molecule has 0 radical (unpaired) electrons. The van der Waals surface area contributed by atoms with Crippen LogP contribution < -0.4 is 4.74 Å². The van der Waals surface area contributed by atoms with Gasteiger partial charge in [0.1, 0.15) is 5.75 Å². The Hall–Kier alpha value is -1.06. The molecular weight excluding hydrogens is 238 g/mol. The fraction of sp³-hybridized carbons (Fsp3) is 0.625. The highest BCUT2D eigenvalue weighted by Gasteiger charge is 2.31. The number of methoxy groups -OCH3 is 1. The van der Waals surface area contributed by atoms with E-state index >= 15 is 0 Å². The van der Waals surface area contributed by atoms with Crippen LogP contribution >= 0.6 is 0 Å². The molecule has 3 nitrogen and oxygen atoms in total. The molecule has 0 aromatic heterocycles. The van der Waals surface area contributed by atoms with Crippen molar-refractivity contribution in [1.29, 1.82) is 0 Å². The van der Waals surface area contributed by atoms with Crippen LogP contribution in [0.25, 0.3) is 0 Å². The summed E-state index contributed by atoms with van der Waals surface area (Å²) in [7, 11) is 1.69. The van der Waals surface area contributed by atoms with Gasteiger partial charge in [-0.05, 0) is 56.8 Å². The molecule has 1 aromatic rings. The molecule has 1 unspecified atom stereocenters. The van der Waals surface area contributed by atoms with Crippen LogP contribution in [0.1, 0.15) is 32.3 Å². The molecule has 19 heavy (non-hydrogen) atoms. The lowest BCUT2D eigenvalue weighted by Gasteiger charge is -2.38. The van der Waals surface area contributed by atoms with E-state index in [0.717, 1.165) is 31.8 Å². The maximum absolute atomic E-state index is 10.2. The van der Waals surface area contributed by atoms with Crippen molar-refractivity contribution in [2.75, 3.05) is 20.2 Å². The number of hydrogen-bond donors (Lipinski definition) is 1. The molecule has 1 saturated heterocycles. The van der Waals surface area contributed by atoms with Gasteiger partial charge in [0.05, 0.1) is 12.7 Å². The standard InChI is InChI=1S/C16H25NO2/c1-16(2,18)14-5-4-10-17(12-14)11-13-6-8-15(19-3)9-7-13/h6-9,14,18H,4-5,10-12H2,1-3H3. The minimum atomic E-state index is -0.571. The van der Waals surface area contributed by atoms with Crippen molar-refractivity contribution in [1.82, 2.24) is 4.90 Å². The van der Waals surface area contributed by atoms with Gasteiger partial charge in [0.15, 0.2) is 0 Å². The van der Waals surface area contributed by atoms with E-state index in [1.165, 1.54) is 12.0 Å². The Morgan fingerprint density at radius 2 is 2.00 bits per heavy atom. The van der Waals surface area contributed by atoms with E-state index in [2.05, 4.69) is 17.0 Å². The van der Waals surface area contributed by atoms with Crippen molar-refractivity contribution in [3.05, 3.63) is 29.8 Å². The van der Waals surface area contributed by atoms with Crippen molar-refractivity contribution in [2.45, 2.75) is 38.8 Å². The summed E-state index contributed by atoms with van der Waals surface area (Å²) in [6, 6.07) is 8.25. The van der Waals surface area contributed by atoms with Gasteiger partial charge >= 0.3 is 0 Å². The second-order valence-electron chi connectivity index (χ2n) is 6.08. The lowest BCUT2D eigenvalue weighted by atomic mass is 9.84. The molecule has 0 bridgehead atoms. The van der Waals surface area contributed by atoms with Gasteiger partial charge in [-0.3, -0.25) is 4.90 Å². The molecule has 1 aromatic carbocycles. The van der Waals surface area contributed by atoms with Crippen molar-refractivity contribution < 1.29 is 9.84 Å². The van der Waals surface area contributed by atoms with Crippen LogP contribution in [0.15, 0.2) is 24.3 Å². The Morgan fingerprint density at radius 1 is 1.32 bits per heavy atom. The summed E-state index contributed by atoms with van der Waals surface area (Å²) in [5.41, 5.74) is 0.732. The molecule has 0 aliphatic carbocycles. The van der Waals surface area contributed by atoms with Gasteiger partial charge in [0.25, 0.3) is 0 Å². The molecule has 1 atom stereocenters. The molecule has 2 rings (SSSR count). The average molecular weight is 263 g/mol. The molecule has 0 saturated carbocycles. The molecule has 0 amide bonds. The molecule has 3 heteroatoms. The van der Waals surface area contributed by atoms with Crippen LogP contribution in [0.2, 0.25) is 0 Å². The zero-order valence-electron chi connectivity index (χ0n) is 12.2. The van der Waals surface area contributed by atoms with Crippen LogP contribution in [0, 0.1) is 5.92 Å². The highest BCUT2D eigenvalue weighted by molar-refractivity contribution is 5.27. The Labute approximate surface area is 116 Å². The van der Waals surface area contributed by atoms with Crippen LogP contribution in [-0.2, 0) is 6.54 Å². The maximum atomic E-state index is 10.2. The number of ether oxygens (including phenoxy) is 1. The maximum Gasteiger partial charge on any atom is 0.118 e. The highest BCUT2D eigenvalue weighted by atomic mass is 16.5. The Balaban J connectivity index is 1.94. The topological polar surface area (TPSA) is 32.7 Å². The Kier molecular flexibility index (Phi) is 4.48. The molecular formula is C16H25NO2. The molecule has 0 spiro atoms. The minimum absolute atomic E-state index is 0.375. The Morgan fingerprint density at radius 3 is 2.58 bits per heavy atom. The van der Waals surface area contributed by atoms with Crippen molar-refractivity contribution in [3.8, 4) is 5.75 Å². The number of aliphatic hydroxyl groups is 1. The van der Waals surface area contributed by atoms with Gasteiger partial charge in [-0.25, -0.2) is 0 Å². The monoisotopic (exact) mass is 263 g/mol. The van der Waals surface area contributed by atoms with Gasteiger partial charge in [0, 0.05) is 13.1 Å². The number of benzene rings is 1. The summed E-state index contributed by atoms with van der Waals surface area (Å²) in [5.74, 6) is 1.27. The lowest BCUT2D eigenvalue weighted by Crippen LogP contribution is -2.44. The first-order valence-electron chi connectivity index (χ1n) is 7.06. The van der Waals surface area contributed by atoms with E-state index < -0.39 is 5.60 Å². The molecule has 1 aliphatic rings. The Bertz CT molecular complexity index is 394. The van der Waals surface area contributed by atoms with E-state index in [1.807, 2.05) is 26.0 Å². The SMILES string of the molecule is COc1ccc(CN2CCCC(C(C)(C)O)C2)cc1. The van der Waals surface area contributed by atoms with E-state index in [1.54, 1.807) is 7.11 Å². The number of hydrogen-bond acceptors (Lipinski definition) is 3.